The molecule has 24 heavy (non-hydrogen) atoms. The molecule has 2 heterocycles. The first-order valence-corrected chi connectivity index (χ1v) is 9.98. The fraction of sp³-hybridized carbons (Fsp3) is 0.667. The Morgan fingerprint density at radius 1 is 1.21 bits per heavy atom. The standard InChI is InChI=1S/C18H25N3O2S/c1-11-8-15(12(2)21(11)14-6-7-14)17(22)20-10-24-9-16(20)18(23)19(3)13-4-5-13/h8,13-14,16H,4-7,9-10H2,1-3H3. The summed E-state index contributed by atoms with van der Waals surface area (Å²) in [6.45, 7) is 4.11. The minimum absolute atomic E-state index is 0.0162. The normalized spacial score (nSPS) is 23.6. The monoisotopic (exact) mass is 347 g/mol. The molecule has 2 aliphatic carbocycles. The molecule has 1 aliphatic heterocycles. The molecule has 4 rings (SSSR count). The topological polar surface area (TPSA) is 45.6 Å². The molecular weight excluding hydrogens is 322 g/mol. The van der Waals surface area contributed by atoms with Crippen LogP contribution in [0.5, 0.6) is 0 Å². The van der Waals surface area contributed by atoms with Gasteiger partial charge in [-0.05, 0) is 45.6 Å². The van der Waals surface area contributed by atoms with E-state index in [1.54, 1.807) is 16.7 Å². The van der Waals surface area contributed by atoms with Gasteiger partial charge < -0.3 is 14.4 Å². The molecule has 1 saturated heterocycles. The summed E-state index contributed by atoms with van der Waals surface area (Å²) in [6.07, 6.45) is 4.60. The van der Waals surface area contributed by atoms with Crippen LogP contribution in [0.25, 0.3) is 0 Å². The summed E-state index contributed by atoms with van der Waals surface area (Å²) in [6, 6.07) is 2.65. The number of rotatable bonds is 4. The minimum Gasteiger partial charge on any atom is -0.345 e. The van der Waals surface area contributed by atoms with Crippen molar-refractivity contribution in [1.82, 2.24) is 14.4 Å². The van der Waals surface area contributed by atoms with E-state index in [-0.39, 0.29) is 17.9 Å². The van der Waals surface area contributed by atoms with Crippen LogP contribution in [-0.4, -0.2) is 56.9 Å². The fourth-order valence-corrected chi connectivity index (χ4v) is 4.91. The lowest BCUT2D eigenvalue weighted by molar-refractivity contribution is -0.134. The van der Waals surface area contributed by atoms with Crippen molar-refractivity contribution in [1.29, 1.82) is 0 Å². The average Bonchev–Trinajstić information content (AvgIpc) is 3.49. The van der Waals surface area contributed by atoms with E-state index in [9.17, 15) is 9.59 Å². The Morgan fingerprint density at radius 2 is 1.92 bits per heavy atom. The van der Waals surface area contributed by atoms with E-state index in [4.69, 9.17) is 0 Å². The molecule has 1 aromatic heterocycles. The molecule has 0 aromatic carbocycles. The Kier molecular flexibility index (Phi) is 3.90. The van der Waals surface area contributed by atoms with Crippen molar-refractivity contribution >= 4 is 23.6 Å². The fourth-order valence-electron chi connectivity index (χ4n) is 3.77. The first-order valence-electron chi connectivity index (χ1n) is 8.83. The maximum absolute atomic E-state index is 13.1. The van der Waals surface area contributed by atoms with E-state index in [2.05, 4.69) is 11.5 Å². The Morgan fingerprint density at radius 3 is 2.54 bits per heavy atom. The van der Waals surface area contributed by atoms with E-state index in [1.165, 1.54) is 12.8 Å². The van der Waals surface area contributed by atoms with Crippen LogP contribution in [0.1, 0.15) is 53.5 Å². The molecule has 1 atom stereocenters. The molecule has 0 spiro atoms. The predicted molar refractivity (Wildman–Crippen MR) is 95.3 cm³/mol. The minimum atomic E-state index is -0.308. The van der Waals surface area contributed by atoms with Crippen molar-refractivity contribution in [3.05, 3.63) is 23.0 Å². The van der Waals surface area contributed by atoms with Gasteiger partial charge in [0.15, 0.2) is 0 Å². The number of carbonyl (C=O) groups excluding carboxylic acids is 2. The van der Waals surface area contributed by atoms with Crippen LogP contribution in [0.2, 0.25) is 0 Å². The second-order valence-electron chi connectivity index (χ2n) is 7.36. The second-order valence-corrected chi connectivity index (χ2v) is 8.36. The number of nitrogens with zero attached hydrogens (tertiary/aromatic N) is 3. The average molecular weight is 347 g/mol. The largest absolute Gasteiger partial charge is 0.345 e. The predicted octanol–water partition coefficient (Wildman–Crippen LogP) is 2.58. The van der Waals surface area contributed by atoms with Crippen molar-refractivity contribution in [2.24, 2.45) is 0 Å². The van der Waals surface area contributed by atoms with Gasteiger partial charge in [-0.2, -0.15) is 0 Å². The number of amides is 2. The zero-order valence-electron chi connectivity index (χ0n) is 14.6. The van der Waals surface area contributed by atoms with Crippen LogP contribution >= 0.6 is 11.8 Å². The van der Waals surface area contributed by atoms with Crippen LogP contribution in [0, 0.1) is 13.8 Å². The number of aryl methyl sites for hydroxylation is 1. The van der Waals surface area contributed by atoms with Crippen molar-refractivity contribution in [3.8, 4) is 0 Å². The summed E-state index contributed by atoms with van der Waals surface area (Å²) in [5, 5.41) is 0. The van der Waals surface area contributed by atoms with Crippen molar-refractivity contribution < 1.29 is 9.59 Å². The highest BCUT2D eigenvalue weighted by Gasteiger charge is 2.41. The Bertz CT molecular complexity index is 691. The lowest BCUT2D eigenvalue weighted by Crippen LogP contribution is -2.48. The summed E-state index contributed by atoms with van der Waals surface area (Å²) < 4.78 is 2.30. The number of hydrogen-bond donors (Lipinski definition) is 0. The quantitative estimate of drug-likeness (QED) is 0.841. The zero-order chi connectivity index (χ0) is 17.0. The third-order valence-corrected chi connectivity index (χ3v) is 6.51. The Labute approximate surface area is 147 Å². The van der Waals surface area contributed by atoms with Gasteiger partial charge in [0.1, 0.15) is 6.04 Å². The Hall–Kier alpha value is -1.43. The summed E-state index contributed by atoms with van der Waals surface area (Å²) in [5.74, 6) is 1.44. The number of hydrogen-bond acceptors (Lipinski definition) is 3. The molecule has 5 nitrogen and oxygen atoms in total. The Balaban J connectivity index is 1.57. The van der Waals surface area contributed by atoms with Gasteiger partial charge in [0.2, 0.25) is 5.91 Å². The van der Waals surface area contributed by atoms with Gasteiger partial charge in [0.05, 0.1) is 11.4 Å². The van der Waals surface area contributed by atoms with Crippen molar-refractivity contribution in [2.45, 2.75) is 57.7 Å². The van der Waals surface area contributed by atoms with Gasteiger partial charge >= 0.3 is 0 Å². The van der Waals surface area contributed by atoms with E-state index >= 15 is 0 Å². The van der Waals surface area contributed by atoms with Crippen LogP contribution in [-0.2, 0) is 4.79 Å². The molecule has 1 aromatic rings. The van der Waals surface area contributed by atoms with Crippen molar-refractivity contribution in [2.75, 3.05) is 18.7 Å². The van der Waals surface area contributed by atoms with Gasteiger partial charge in [0.25, 0.3) is 5.91 Å². The molecular formula is C18H25N3O2S. The highest BCUT2D eigenvalue weighted by atomic mass is 32.2. The molecule has 2 amide bonds. The summed E-state index contributed by atoms with van der Waals surface area (Å²) in [7, 11) is 1.88. The van der Waals surface area contributed by atoms with Gasteiger partial charge in [-0.1, -0.05) is 0 Å². The summed E-state index contributed by atoms with van der Waals surface area (Å²) in [5.41, 5.74) is 2.98. The highest BCUT2D eigenvalue weighted by molar-refractivity contribution is 7.99. The number of aromatic nitrogens is 1. The van der Waals surface area contributed by atoms with Crippen LogP contribution in [0.4, 0.5) is 0 Å². The zero-order valence-corrected chi connectivity index (χ0v) is 15.4. The number of likely N-dealkylation sites (N-methyl/N-ethyl adjacent to an activating group) is 1. The lowest BCUT2D eigenvalue weighted by Gasteiger charge is -2.27. The first-order chi connectivity index (χ1) is 11.5. The lowest BCUT2D eigenvalue weighted by atomic mass is 10.1. The summed E-state index contributed by atoms with van der Waals surface area (Å²) >= 11 is 1.68. The van der Waals surface area contributed by atoms with Gasteiger partial charge in [-0.15, -0.1) is 11.8 Å². The molecule has 1 unspecified atom stereocenters. The molecule has 6 heteroatoms. The van der Waals surface area contributed by atoms with E-state index in [0.717, 1.165) is 29.8 Å². The highest BCUT2D eigenvalue weighted by Crippen LogP contribution is 2.39. The molecule has 0 N–H and O–H groups in total. The third kappa shape index (κ3) is 2.65. The SMILES string of the molecule is Cc1cc(C(=O)N2CSCC2C(=O)N(C)C2CC2)c(C)n1C1CC1. The molecule has 130 valence electrons. The van der Waals surface area contributed by atoms with Crippen molar-refractivity contribution in [3.63, 3.8) is 0 Å². The smallest absolute Gasteiger partial charge is 0.257 e. The maximum Gasteiger partial charge on any atom is 0.257 e. The molecule has 0 bridgehead atoms. The molecule has 3 fully saturated rings. The molecule has 0 radical (unpaired) electrons. The first kappa shape index (κ1) is 16.1. The third-order valence-electron chi connectivity index (χ3n) is 5.50. The molecule has 2 saturated carbocycles. The molecule has 3 aliphatic rings. The van der Waals surface area contributed by atoms with E-state index in [0.29, 0.717) is 23.7 Å². The van der Waals surface area contributed by atoms with E-state index < -0.39 is 0 Å². The number of thioether (sulfide) groups is 1. The van der Waals surface area contributed by atoms with Gasteiger partial charge in [-0.3, -0.25) is 9.59 Å². The van der Waals surface area contributed by atoms with Gasteiger partial charge in [0, 0.05) is 36.3 Å². The maximum atomic E-state index is 13.1. The summed E-state index contributed by atoms with van der Waals surface area (Å²) in [4.78, 5) is 29.5. The van der Waals surface area contributed by atoms with E-state index in [1.807, 2.05) is 24.9 Å². The van der Waals surface area contributed by atoms with Crippen LogP contribution in [0.15, 0.2) is 6.07 Å². The second kappa shape index (κ2) is 5.83. The number of carbonyl (C=O) groups is 2. The van der Waals surface area contributed by atoms with Gasteiger partial charge in [-0.25, -0.2) is 0 Å². The van der Waals surface area contributed by atoms with Crippen LogP contribution < -0.4 is 0 Å². The van der Waals surface area contributed by atoms with Crippen LogP contribution in [0.3, 0.4) is 0 Å².